The summed E-state index contributed by atoms with van der Waals surface area (Å²) < 4.78 is 0. The molecule has 6 rings (SSSR count). The van der Waals surface area contributed by atoms with Crippen LogP contribution < -0.4 is 0 Å². The lowest BCUT2D eigenvalue weighted by Gasteiger charge is -2.24. The second kappa shape index (κ2) is 7.44. The summed E-state index contributed by atoms with van der Waals surface area (Å²) in [6.07, 6.45) is 10.1. The Morgan fingerprint density at radius 2 is 1.52 bits per heavy atom. The summed E-state index contributed by atoms with van der Waals surface area (Å²) in [4.78, 5) is 20.1. The quantitative estimate of drug-likeness (QED) is 0.395. The fourth-order valence-corrected chi connectivity index (χ4v) is 4.20. The zero-order valence-electron chi connectivity index (χ0n) is 16.0. The van der Waals surface area contributed by atoms with Gasteiger partial charge < -0.3 is 0 Å². The Morgan fingerprint density at radius 1 is 0.759 bits per heavy atom. The molecule has 0 unspecified atom stereocenters. The molecule has 4 aromatic rings. The van der Waals surface area contributed by atoms with Gasteiger partial charge in [-0.25, -0.2) is 9.97 Å². The molecule has 0 spiro atoms. The number of hydrogen-bond donors (Lipinski definition) is 0. The van der Waals surface area contributed by atoms with Crippen LogP contribution in [0.5, 0.6) is 0 Å². The van der Waals surface area contributed by atoms with E-state index in [1.54, 1.807) is 12.4 Å². The Balaban J connectivity index is 0.000000153. The van der Waals surface area contributed by atoms with E-state index in [1.807, 2.05) is 30.3 Å². The van der Waals surface area contributed by atoms with Crippen LogP contribution in [0.3, 0.4) is 0 Å². The number of nitrogens with zero attached hydrogens (tertiary/aromatic N) is 2. The molecule has 2 aliphatic rings. The minimum atomic E-state index is 0.302. The lowest BCUT2D eigenvalue weighted by Crippen LogP contribution is -2.14. The zero-order valence-corrected chi connectivity index (χ0v) is 16.0. The zero-order chi connectivity index (χ0) is 19.6. The van der Waals surface area contributed by atoms with Gasteiger partial charge in [0.05, 0.1) is 0 Å². The van der Waals surface area contributed by atoms with E-state index in [4.69, 9.17) is 0 Å². The van der Waals surface area contributed by atoms with Crippen molar-refractivity contribution in [3.63, 3.8) is 0 Å². The molecular weight excluding hydrogens is 356 g/mol. The number of pyridine rings is 2. The summed E-state index contributed by atoms with van der Waals surface area (Å²) >= 11 is 0. The summed E-state index contributed by atoms with van der Waals surface area (Å²) in [6.45, 7) is 0. The van der Waals surface area contributed by atoms with Gasteiger partial charge in [0.15, 0.2) is 11.4 Å². The van der Waals surface area contributed by atoms with Crippen LogP contribution in [0.2, 0.25) is 0 Å². The van der Waals surface area contributed by atoms with Gasteiger partial charge in [0, 0.05) is 29.8 Å². The summed E-state index contributed by atoms with van der Waals surface area (Å²) in [5.41, 5.74) is 5.65. The molecule has 2 aromatic carbocycles. The normalized spacial score (nSPS) is 15.0. The average Bonchev–Trinajstić information content (AvgIpc) is 2.79. The van der Waals surface area contributed by atoms with Crippen LogP contribution >= 0.6 is 0 Å². The first-order valence-corrected chi connectivity index (χ1v) is 9.91. The van der Waals surface area contributed by atoms with Crippen molar-refractivity contribution < 1.29 is 4.79 Å². The monoisotopic (exact) mass is 376 g/mol. The molecule has 0 amide bonds. The predicted octanol–water partition coefficient (Wildman–Crippen LogP) is 5.70. The molecule has 2 aromatic heterocycles. The molecule has 0 saturated carbocycles. The molecule has 0 N–H and O–H groups in total. The lowest BCUT2D eigenvalue weighted by atomic mass is 9.79. The van der Waals surface area contributed by atoms with Gasteiger partial charge >= 0.3 is 0 Å². The van der Waals surface area contributed by atoms with Crippen LogP contribution in [-0.2, 0) is 11.2 Å². The third kappa shape index (κ3) is 3.25. The number of carbonyl (C=O) groups is 1. The van der Waals surface area contributed by atoms with Crippen LogP contribution in [0.1, 0.15) is 24.0 Å². The van der Waals surface area contributed by atoms with Crippen LogP contribution in [-0.4, -0.2) is 15.8 Å². The molecule has 0 radical (unpaired) electrons. The number of fused-ring (bicyclic) bond motifs is 5. The minimum Gasteiger partial charge on any atom is -0.294 e. The van der Waals surface area contributed by atoms with Gasteiger partial charge in [-0.2, -0.15) is 0 Å². The number of benzene rings is 2. The highest BCUT2D eigenvalue weighted by atomic mass is 16.1. The first-order valence-electron chi connectivity index (χ1n) is 9.91. The lowest BCUT2D eigenvalue weighted by molar-refractivity contribution is -0.115. The van der Waals surface area contributed by atoms with E-state index in [0.717, 1.165) is 35.0 Å². The first kappa shape index (κ1) is 17.5. The summed E-state index contributed by atoms with van der Waals surface area (Å²) in [6, 6.07) is 20.7. The molecule has 2 aliphatic carbocycles. The first-order chi connectivity index (χ1) is 14.3. The van der Waals surface area contributed by atoms with Crippen LogP contribution in [0.15, 0.2) is 90.8 Å². The van der Waals surface area contributed by atoms with E-state index in [9.17, 15) is 4.79 Å². The van der Waals surface area contributed by atoms with Crippen molar-refractivity contribution in [3.05, 3.63) is 102 Å². The van der Waals surface area contributed by atoms with Gasteiger partial charge in [0.2, 0.25) is 0 Å². The predicted molar refractivity (Wildman–Crippen MR) is 117 cm³/mol. The van der Waals surface area contributed by atoms with E-state index < -0.39 is 0 Å². The van der Waals surface area contributed by atoms with Crippen LogP contribution in [0.25, 0.3) is 27.4 Å². The van der Waals surface area contributed by atoms with E-state index in [2.05, 4.69) is 52.4 Å². The van der Waals surface area contributed by atoms with Gasteiger partial charge in [0.1, 0.15) is 0 Å². The third-order valence-electron chi connectivity index (χ3n) is 5.58. The Hall–Kier alpha value is -3.59. The van der Waals surface area contributed by atoms with Gasteiger partial charge in [-0.05, 0) is 64.6 Å². The van der Waals surface area contributed by atoms with Crippen molar-refractivity contribution >= 4 is 33.2 Å². The van der Waals surface area contributed by atoms with Crippen molar-refractivity contribution in [2.45, 2.75) is 19.3 Å². The topological polar surface area (TPSA) is 42.9 Å². The van der Waals surface area contributed by atoms with Gasteiger partial charge in [-0.15, -0.1) is 0 Å². The highest BCUT2D eigenvalue weighted by Crippen LogP contribution is 2.38. The molecule has 29 heavy (non-hydrogen) atoms. The molecular formula is C26H20N2O. The Bertz CT molecular complexity index is 1240. The standard InChI is InChI=1S/C18H14O.C8H6N2/c19-18-7-3-6-14-16-9-8-12-4-1-2-5-13(12)15(16)10-11-17(14)18;1-3-7-4-2-6-10-8(7)9-5-1/h1-6,8-9H,7,10-11H2;1-6H. The van der Waals surface area contributed by atoms with Crippen molar-refractivity contribution in [2.75, 3.05) is 0 Å². The Labute approximate surface area is 169 Å². The molecule has 3 nitrogen and oxygen atoms in total. The van der Waals surface area contributed by atoms with Gasteiger partial charge in [0.25, 0.3) is 0 Å². The van der Waals surface area contributed by atoms with E-state index in [0.29, 0.717) is 12.2 Å². The summed E-state index contributed by atoms with van der Waals surface area (Å²) in [5.74, 6) is 0.302. The smallest absolute Gasteiger partial charge is 0.163 e. The van der Waals surface area contributed by atoms with Crippen LogP contribution in [0, 0.1) is 0 Å². The van der Waals surface area contributed by atoms with Crippen molar-refractivity contribution in [3.8, 4) is 0 Å². The summed E-state index contributed by atoms with van der Waals surface area (Å²) in [5, 5.41) is 3.71. The molecule has 0 saturated heterocycles. The fraction of sp³-hybridized carbons (Fsp3) is 0.115. The number of ketones is 1. The second-order valence-corrected chi connectivity index (χ2v) is 7.29. The Kier molecular flexibility index (Phi) is 4.49. The second-order valence-electron chi connectivity index (χ2n) is 7.29. The van der Waals surface area contributed by atoms with E-state index >= 15 is 0 Å². The van der Waals surface area contributed by atoms with Gasteiger partial charge in [-0.3, -0.25) is 4.79 Å². The molecule has 2 heterocycles. The maximum Gasteiger partial charge on any atom is 0.163 e. The van der Waals surface area contributed by atoms with Gasteiger partial charge in [-0.1, -0.05) is 48.6 Å². The third-order valence-corrected chi connectivity index (χ3v) is 5.58. The van der Waals surface area contributed by atoms with Crippen molar-refractivity contribution in [2.24, 2.45) is 0 Å². The fourth-order valence-electron chi connectivity index (χ4n) is 4.20. The molecule has 3 heteroatoms. The number of aryl methyl sites for hydroxylation is 1. The maximum absolute atomic E-state index is 12.0. The average molecular weight is 376 g/mol. The molecule has 0 bridgehead atoms. The van der Waals surface area contributed by atoms with Crippen LogP contribution in [0.4, 0.5) is 0 Å². The Morgan fingerprint density at radius 3 is 2.31 bits per heavy atom. The van der Waals surface area contributed by atoms with Crippen molar-refractivity contribution in [1.29, 1.82) is 0 Å². The number of Topliss-reactive ketones (excluding diaryl/α,β-unsaturated/α-hetero) is 1. The number of carbonyl (C=O) groups excluding carboxylic acids is 1. The van der Waals surface area contributed by atoms with E-state index in [1.165, 1.54) is 21.9 Å². The molecule has 0 aliphatic heterocycles. The number of rotatable bonds is 0. The largest absolute Gasteiger partial charge is 0.294 e. The van der Waals surface area contributed by atoms with E-state index in [-0.39, 0.29) is 0 Å². The number of hydrogen-bond acceptors (Lipinski definition) is 3. The number of allylic oxidation sites excluding steroid dienone is 4. The summed E-state index contributed by atoms with van der Waals surface area (Å²) in [7, 11) is 0. The molecule has 140 valence electrons. The maximum atomic E-state index is 12.0. The van der Waals surface area contributed by atoms with Crippen molar-refractivity contribution in [1.82, 2.24) is 9.97 Å². The SMILES string of the molecule is O=C1CC=CC2=C1CCc1c2ccc2ccccc12.c1cnc2ncccc2c1. The minimum absolute atomic E-state index is 0.302. The number of aromatic nitrogens is 2. The highest BCUT2D eigenvalue weighted by molar-refractivity contribution is 6.09. The highest BCUT2D eigenvalue weighted by Gasteiger charge is 2.24. The molecule has 0 atom stereocenters. The molecule has 0 fully saturated rings.